The number of carbonyl (C=O) groups excluding carboxylic acids is 1. The fraction of sp³-hybridized carbons (Fsp3) is 0.538. The van der Waals surface area contributed by atoms with Gasteiger partial charge in [0.15, 0.2) is 0 Å². The molecule has 1 N–H and O–H groups in total. The lowest BCUT2D eigenvalue weighted by molar-refractivity contribution is -0.145. The van der Waals surface area contributed by atoms with Crippen LogP contribution in [-0.2, 0) is 15.7 Å². The van der Waals surface area contributed by atoms with Gasteiger partial charge in [-0.15, -0.1) is 0 Å². The van der Waals surface area contributed by atoms with Gasteiger partial charge in [0.2, 0.25) is 0 Å². The largest absolute Gasteiger partial charge is 0.465 e. The second kappa shape index (κ2) is 6.30. The van der Waals surface area contributed by atoms with Crippen LogP contribution >= 0.6 is 0 Å². The highest BCUT2D eigenvalue weighted by atomic mass is 19.4. The minimum Gasteiger partial charge on any atom is -0.465 e. The van der Waals surface area contributed by atoms with E-state index in [1.54, 1.807) is 11.8 Å². The van der Waals surface area contributed by atoms with E-state index in [0.29, 0.717) is 13.1 Å². The third-order valence-electron chi connectivity index (χ3n) is 3.10. The molecule has 2 heterocycles. The summed E-state index contributed by atoms with van der Waals surface area (Å²) in [6, 6.07) is 3.18. The highest BCUT2D eigenvalue weighted by Gasteiger charge is 2.33. The summed E-state index contributed by atoms with van der Waals surface area (Å²) in [6.07, 6.45) is -4.48. The molecule has 5 nitrogen and oxygen atoms in total. The zero-order chi connectivity index (χ0) is 15.5. The topological polar surface area (TPSA) is 54.5 Å². The molecule has 1 aromatic heterocycles. The molecule has 1 aliphatic rings. The van der Waals surface area contributed by atoms with Gasteiger partial charge in [0.25, 0.3) is 0 Å². The number of piperazine rings is 1. The van der Waals surface area contributed by atoms with Crippen LogP contribution in [0.2, 0.25) is 0 Å². The van der Waals surface area contributed by atoms with Crippen LogP contribution in [0, 0.1) is 0 Å². The van der Waals surface area contributed by atoms with Gasteiger partial charge in [-0.05, 0) is 19.1 Å². The molecule has 0 aromatic carbocycles. The number of pyridine rings is 1. The van der Waals surface area contributed by atoms with E-state index in [4.69, 9.17) is 4.74 Å². The molecule has 2 rings (SSSR count). The minimum absolute atomic E-state index is 0.209. The maximum atomic E-state index is 12.7. The second-order valence-electron chi connectivity index (χ2n) is 4.58. The standard InChI is InChI=1S/C13H16F3N3O2/c1-2-21-12(20)9-8-19(7-6-17-9)11-5-3-4-10(18-11)13(14,15)16/h3-5,9,17H,2,6-8H2,1H3. The van der Waals surface area contributed by atoms with Crippen LogP contribution in [0.15, 0.2) is 18.2 Å². The average Bonchev–Trinajstić information content (AvgIpc) is 2.47. The quantitative estimate of drug-likeness (QED) is 0.856. The second-order valence-corrected chi connectivity index (χ2v) is 4.58. The molecule has 116 valence electrons. The lowest BCUT2D eigenvalue weighted by Crippen LogP contribution is -2.55. The molecule has 1 fully saturated rings. The Balaban J connectivity index is 2.13. The van der Waals surface area contributed by atoms with Crippen molar-refractivity contribution < 1.29 is 22.7 Å². The molecule has 0 spiro atoms. The van der Waals surface area contributed by atoms with Crippen molar-refractivity contribution in [2.45, 2.75) is 19.1 Å². The Labute approximate surface area is 120 Å². The summed E-state index contributed by atoms with van der Waals surface area (Å²) in [5.41, 5.74) is -0.939. The summed E-state index contributed by atoms with van der Waals surface area (Å²) in [6.45, 7) is 3.14. The summed E-state index contributed by atoms with van der Waals surface area (Å²) in [7, 11) is 0. The Bertz CT molecular complexity index is 508. The summed E-state index contributed by atoms with van der Waals surface area (Å²) in [5.74, 6) is -0.199. The van der Waals surface area contributed by atoms with E-state index >= 15 is 0 Å². The Morgan fingerprint density at radius 2 is 2.29 bits per heavy atom. The van der Waals surface area contributed by atoms with Gasteiger partial charge in [0, 0.05) is 19.6 Å². The predicted octanol–water partition coefficient (Wildman–Crippen LogP) is 1.44. The third-order valence-corrected chi connectivity index (χ3v) is 3.10. The smallest absolute Gasteiger partial charge is 0.433 e. The molecular formula is C13H16F3N3O2. The molecule has 0 aliphatic carbocycles. The normalized spacial score (nSPS) is 19.4. The van der Waals surface area contributed by atoms with E-state index in [-0.39, 0.29) is 19.0 Å². The van der Waals surface area contributed by atoms with Crippen molar-refractivity contribution in [3.63, 3.8) is 0 Å². The molecule has 1 saturated heterocycles. The monoisotopic (exact) mass is 303 g/mol. The molecule has 1 unspecified atom stereocenters. The Hall–Kier alpha value is -1.83. The molecule has 0 saturated carbocycles. The van der Waals surface area contributed by atoms with Crippen molar-refractivity contribution >= 4 is 11.8 Å². The number of alkyl halides is 3. The number of hydrogen-bond donors (Lipinski definition) is 1. The van der Waals surface area contributed by atoms with Gasteiger partial charge >= 0.3 is 12.1 Å². The minimum atomic E-state index is -4.48. The van der Waals surface area contributed by atoms with Crippen LogP contribution < -0.4 is 10.2 Å². The van der Waals surface area contributed by atoms with E-state index in [1.807, 2.05) is 0 Å². The molecule has 0 amide bonds. The lowest BCUT2D eigenvalue weighted by Gasteiger charge is -2.33. The van der Waals surface area contributed by atoms with Crippen LogP contribution in [0.25, 0.3) is 0 Å². The van der Waals surface area contributed by atoms with Crippen molar-refractivity contribution in [1.82, 2.24) is 10.3 Å². The fourth-order valence-electron chi connectivity index (χ4n) is 2.12. The van der Waals surface area contributed by atoms with Crippen molar-refractivity contribution in [3.8, 4) is 0 Å². The van der Waals surface area contributed by atoms with Gasteiger partial charge in [0.1, 0.15) is 17.6 Å². The number of halogens is 3. The number of ether oxygens (including phenoxy) is 1. The van der Waals surface area contributed by atoms with E-state index in [9.17, 15) is 18.0 Å². The first-order valence-electron chi connectivity index (χ1n) is 6.61. The number of nitrogens with one attached hydrogen (secondary N) is 1. The Morgan fingerprint density at radius 3 is 2.95 bits per heavy atom. The van der Waals surface area contributed by atoms with Crippen LogP contribution in [-0.4, -0.2) is 43.2 Å². The first-order chi connectivity index (χ1) is 9.91. The van der Waals surface area contributed by atoms with Crippen molar-refractivity contribution in [2.75, 3.05) is 31.1 Å². The Kier molecular flexibility index (Phi) is 4.66. The summed E-state index contributed by atoms with van der Waals surface area (Å²) < 4.78 is 42.9. The van der Waals surface area contributed by atoms with Crippen molar-refractivity contribution in [3.05, 3.63) is 23.9 Å². The maximum absolute atomic E-state index is 12.7. The van der Waals surface area contributed by atoms with Gasteiger partial charge in [-0.1, -0.05) is 6.07 Å². The van der Waals surface area contributed by atoms with E-state index in [2.05, 4.69) is 10.3 Å². The molecule has 8 heteroatoms. The molecular weight excluding hydrogens is 287 g/mol. The van der Waals surface area contributed by atoms with Gasteiger partial charge in [0.05, 0.1) is 6.61 Å². The zero-order valence-electron chi connectivity index (χ0n) is 11.5. The number of hydrogen-bond acceptors (Lipinski definition) is 5. The number of carbonyl (C=O) groups is 1. The third kappa shape index (κ3) is 3.84. The number of aromatic nitrogens is 1. The van der Waals surface area contributed by atoms with E-state index < -0.39 is 23.9 Å². The van der Waals surface area contributed by atoms with Crippen molar-refractivity contribution in [2.24, 2.45) is 0 Å². The zero-order valence-corrected chi connectivity index (χ0v) is 11.5. The number of nitrogens with zero attached hydrogens (tertiary/aromatic N) is 2. The van der Waals surface area contributed by atoms with Crippen LogP contribution in [0.4, 0.5) is 19.0 Å². The highest BCUT2D eigenvalue weighted by molar-refractivity contribution is 5.77. The molecule has 1 aliphatic heterocycles. The maximum Gasteiger partial charge on any atom is 0.433 e. The van der Waals surface area contributed by atoms with Crippen LogP contribution in [0.3, 0.4) is 0 Å². The number of rotatable bonds is 3. The van der Waals surface area contributed by atoms with Gasteiger partial charge < -0.3 is 15.0 Å². The number of anilines is 1. The predicted molar refractivity (Wildman–Crippen MR) is 69.9 cm³/mol. The summed E-state index contributed by atoms with van der Waals surface area (Å²) in [4.78, 5) is 17.0. The van der Waals surface area contributed by atoms with Gasteiger partial charge in [-0.2, -0.15) is 13.2 Å². The summed E-state index contributed by atoms with van der Waals surface area (Å²) in [5, 5.41) is 2.98. The first-order valence-corrected chi connectivity index (χ1v) is 6.61. The fourth-order valence-corrected chi connectivity index (χ4v) is 2.12. The molecule has 1 aromatic rings. The number of esters is 1. The van der Waals surface area contributed by atoms with E-state index in [1.165, 1.54) is 12.1 Å². The Morgan fingerprint density at radius 1 is 1.52 bits per heavy atom. The first kappa shape index (κ1) is 15.6. The molecule has 1 atom stereocenters. The molecule has 21 heavy (non-hydrogen) atoms. The average molecular weight is 303 g/mol. The lowest BCUT2D eigenvalue weighted by atomic mass is 10.2. The van der Waals surface area contributed by atoms with E-state index in [0.717, 1.165) is 6.07 Å². The van der Waals surface area contributed by atoms with Crippen molar-refractivity contribution in [1.29, 1.82) is 0 Å². The highest BCUT2D eigenvalue weighted by Crippen LogP contribution is 2.29. The SMILES string of the molecule is CCOC(=O)C1CN(c2cccc(C(F)(F)F)n2)CCN1. The molecule has 0 radical (unpaired) electrons. The molecule has 0 bridgehead atoms. The van der Waals surface area contributed by atoms with Gasteiger partial charge in [-0.25, -0.2) is 4.98 Å². The van der Waals surface area contributed by atoms with Gasteiger partial charge in [-0.3, -0.25) is 4.79 Å². The summed E-state index contributed by atoms with van der Waals surface area (Å²) >= 11 is 0. The van der Waals surface area contributed by atoms with Crippen LogP contribution in [0.5, 0.6) is 0 Å². The van der Waals surface area contributed by atoms with Crippen LogP contribution in [0.1, 0.15) is 12.6 Å².